The molecule has 0 amide bonds. The van der Waals surface area contributed by atoms with E-state index in [1.807, 2.05) is 6.20 Å². The topological polar surface area (TPSA) is 97.9 Å². The minimum absolute atomic E-state index is 0.00658. The van der Waals surface area contributed by atoms with Crippen LogP contribution in [0.1, 0.15) is 17.3 Å². The Kier molecular flexibility index (Phi) is 4.27. The van der Waals surface area contributed by atoms with Gasteiger partial charge in [-0.3, -0.25) is 4.98 Å². The summed E-state index contributed by atoms with van der Waals surface area (Å²) in [5.74, 6) is 0. The van der Waals surface area contributed by atoms with E-state index in [0.717, 1.165) is 11.4 Å². The molecule has 1 aliphatic rings. The van der Waals surface area contributed by atoms with Crippen LogP contribution in [0.25, 0.3) is 0 Å². The summed E-state index contributed by atoms with van der Waals surface area (Å²) in [6, 6.07) is 3.90. The number of nitrogens with one attached hydrogen (secondary N) is 1. The lowest BCUT2D eigenvalue weighted by molar-refractivity contribution is 0.0661. The second-order valence-corrected chi connectivity index (χ2v) is 4.96. The zero-order chi connectivity index (χ0) is 15.4. The van der Waals surface area contributed by atoms with Gasteiger partial charge in [0.25, 0.3) is 0 Å². The van der Waals surface area contributed by atoms with Gasteiger partial charge in [0.15, 0.2) is 0 Å². The first-order chi connectivity index (χ1) is 10.8. The van der Waals surface area contributed by atoms with Crippen LogP contribution in [0.2, 0.25) is 0 Å². The van der Waals surface area contributed by atoms with Gasteiger partial charge in [-0.2, -0.15) is 5.26 Å². The first kappa shape index (κ1) is 14.4. The lowest BCUT2D eigenvalue weighted by Gasteiger charge is -2.15. The maximum atomic E-state index is 9.03. The molecule has 0 spiro atoms. The number of hydrogen-bond donors (Lipinski definition) is 1. The highest BCUT2D eigenvalue weighted by Gasteiger charge is 2.30. The molecule has 1 saturated heterocycles. The molecule has 0 unspecified atom stereocenters. The van der Waals surface area contributed by atoms with Crippen LogP contribution in [0.3, 0.4) is 0 Å². The third-order valence-electron chi connectivity index (χ3n) is 3.60. The number of nitrogens with zero attached hydrogens (tertiary/aromatic N) is 5. The van der Waals surface area contributed by atoms with E-state index < -0.39 is 0 Å². The van der Waals surface area contributed by atoms with Crippen molar-refractivity contribution in [1.29, 1.82) is 5.26 Å². The number of methoxy groups -OCH3 is 1. The Morgan fingerprint density at radius 1 is 1.55 bits per heavy atom. The van der Waals surface area contributed by atoms with Crippen LogP contribution in [-0.2, 0) is 16.0 Å². The third-order valence-corrected chi connectivity index (χ3v) is 3.60. The first-order valence-corrected chi connectivity index (χ1v) is 6.91. The van der Waals surface area contributed by atoms with Crippen molar-refractivity contribution in [3.63, 3.8) is 0 Å². The number of pyridine rings is 1. The van der Waals surface area contributed by atoms with E-state index >= 15 is 0 Å². The van der Waals surface area contributed by atoms with Crippen LogP contribution >= 0.6 is 0 Å². The Morgan fingerprint density at radius 2 is 2.45 bits per heavy atom. The van der Waals surface area contributed by atoms with Gasteiger partial charge in [0, 0.05) is 19.5 Å². The van der Waals surface area contributed by atoms with E-state index in [1.54, 1.807) is 24.1 Å². The monoisotopic (exact) mass is 300 g/mol. The van der Waals surface area contributed by atoms with Gasteiger partial charge < -0.3 is 14.8 Å². The number of rotatable bonds is 5. The molecular weight excluding hydrogens is 284 g/mol. The van der Waals surface area contributed by atoms with Crippen molar-refractivity contribution in [3.05, 3.63) is 35.9 Å². The predicted octanol–water partition coefficient (Wildman–Crippen LogP) is 0.743. The van der Waals surface area contributed by atoms with Crippen molar-refractivity contribution in [3.8, 4) is 6.07 Å². The lowest BCUT2D eigenvalue weighted by atomic mass is 10.2. The molecule has 8 heteroatoms. The van der Waals surface area contributed by atoms with Gasteiger partial charge in [-0.25, -0.2) is 4.68 Å². The molecule has 2 aromatic rings. The summed E-state index contributed by atoms with van der Waals surface area (Å²) in [5, 5.41) is 20.5. The zero-order valence-electron chi connectivity index (χ0n) is 12.1. The summed E-state index contributed by atoms with van der Waals surface area (Å²) in [4.78, 5) is 3.92. The van der Waals surface area contributed by atoms with E-state index in [9.17, 15) is 0 Å². The summed E-state index contributed by atoms with van der Waals surface area (Å²) < 4.78 is 12.6. The highest BCUT2D eigenvalue weighted by molar-refractivity contribution is 5.55. The zero-order valence-corrected chi connectivity index (χ0v) is 12.1. The predicted molar refractivity (Wildman–Crippen MR) is 77.0 cm³/mol. The molecule has 2 aromatic heterocycles. The quantitative estimate of drug-likeness (QED) is 0.869. The van der Waals surface area contributed by atoms with Crippen molar-refractivity contribution >= 4 is 5.69 Å². The van der Waals surface area contributed by atoms with E-state index in [1.165, 1.54) is 6.20 Å². The molecule has 0 aliphatic carbocycles. The number of ether oxygens (including phenoxy) is 2. The second-order valence-electron chi connectivity index (χ2n) is 4.96. The van der Waals surface area contributed by atoms with Crippen molar-refractivity contribution in [2.24, 2.45) is 0 Å². The number of aromatic nitrogens is 4. The molecule has 8 nitrogen and oxygen atoms in total. The summed E-state index contributed by atoms with van der Waals surface area (Å²) in [7, 11) is 1.67. The second kappa shape index (κ2) is 6.51. The largest absolute Gasteiger partial charge is 0.378 e. The molecule has 1 fully saturated rings. The number of nitriles is 1. The Labute approximate surface area is 127 Å². The maximum absolute atomic E-state index is 9.03. The Bertz CT molecular complexity index is 680. The molecule has 0 saturated carbocycles. The summed E-state index contributed by atoms with van der Waals surface area (Å²) >= 11 is 0. The smallest absolute Gasteiger partial charge is 0.105 e. The number of anilines is 1. The average Bonchev–Trinajstić information content (AvgIpc) is 3.21. The molecular formula is C14H16N6O2. The van der Waals surface area contributed by atoms with Crippen LogP contribution in [-0.4, -0.2) is 46.4 Å². The van der Waals surface area contributed by atoms with Crippen molar-refractivity contribution in [1.82, 2.24) is 20.0 Å². The maximum Gasteiger partial charge on any atom is 0.105 e. The van der Waals surface area contributed by atoms with E-state index in [2.05, 4.69) is 26.7 Å². The fourth-order valence-electron chi connectivity index (χ4n) is 2.38. The molecule has 1 aliphatic heterocycles. The van der Waals surface area contributed by atoms with Gasteiger partial charge in [-0.05, 0) is 6.07 Å². The SMILES string of the molecule is CO[C@@H]1COC[C@H]1n1cc(CNc2ccncc2C#N)nn1. The third kappa shape index (κ3) is 2.90. The molecule has 1 N–H and O–H groups in total. The Morgan fingerprint density at radius 3 is 3.27 bits per heavy atom. The molecule has 0 radical (unpaired) electrons. The van der Waals surface area contributed by atoms with E-state index in [4.69, 9.17) is 14.7 Å². The molecule has 114 valence electrons. The first-order valence-electron chi connectivity index (χ1n) is 6.91. The van der Waals surface area contributed by atoms with Gasteiger partial charge in [0.2, 0.25) is 0 Å². The molecule has 3 heterocycles. The minimum atomic E-state index is -0.00658. The average molecular weight is 300 g/mol. The highest BCUT2D eigenvalue weighted by Crippen LogP contribution is 2.21. The Balaban J connectivity index is 1.66. The van der Waals surface area contributed by atoms with Crippen molar-refractivity contribution < 1.29 is 9.47 Å². The van der Waals surface area contributed by atoms with Gasteiger partial charge in [-0.15, -0.1) is 5.10 Å². The molecule has 0 bridgehead atoms. The lowest BCUT2D eigenvalue weighted by Crippen LogP contribution is -2.24. The highest BCUT2D eigenvalue weighted by atomic mass is 16.5. The molecule has 22 heavy (non-hydrogen) atoms. The van der Waals surface area contributed by atoms with Crippen molar-refractivity contribution in [2.45, 2.75) is 18.7 Å². The van der Waals surface area contributed by atoms with Crippen LogP contribution < -0.4 is 5.32 Å². The molecule has 0 aromatic carbocycles. The molecule has 2 atom stereocenters. The standard InChI is InChI=1S/C14H16N6O2/c1-21-14-9-22-8-13(14)20-7-11(18-19-20)6-17-12-2-3-16-5-10(12)4-15/h2-3,5,7,13-14H,6,8-9H2,1H3,(H,16,17)/t13-,14-/m1/s1. The number of hydrogen-bond acceptors (Lipinski definition) is 7. The normalized spacial score (nSPS) is 20.7. The van der Waals surface area contributed by atoms with E-state index in [-0.39, 0.29) is 12.1 Å². The Hall–Kier alpha value is -2.50. The van der Waals surface area contributed by atoms with Crippen LogP contribution in [0, 0.1) is 11.3 Å². The summed E-state index contributed by atoms with van der Waals surface area (Å²) in [6.45, 7) is 1.61. The van der Waals surface area contributed by atoms with E-state index in [0.29, 0.717) is 25.3 Å². The van der Waals surface area contributed by atoms with Gasteiger partial charge >= 0.3 is 0 Å². The van der Waals surface area contributed by atoms with Crippen LogP contribution in [0.5, 0.6) is 0 Å². The van der Waals surface area contributed by atoms with Crippen LogP contribution in [0.4, 0.5) is 5.69 Å². The van der Waals surface area contributed by atoms with Crippen LogP contribution in [0.15, 0.2) is 24.7 Å². The summed E-state index contributed by atoms with van der Waals surface area (Å²) in [6.07, 6.45) is 5.02. The van der Waals surface area contributed by atoms with Gasteiger partial charge in [-0.1, -0.05) is 5.21 Å². The van der Waals surface area contributed by atoms with Gasteiger partial charge in [0.1, 0.15) is 23.9 Å². The minimum Gasteiger partial charge on any atom is -0.378 e. The van der Waals surface area contributed by atoms with Crippen molar-refractivity contribution in [2.75, 3.05) is 25.6 Å². The fourth-order valence-corrected chi connectivity index (χ4v) is 2.38. The van der Waals surface area contributed by atoms with Gasteiger partial charge in [0.05, 0.1) is 37.2 Å². The molecule has 3 rings (SSSR count). The summed E-state index contributed by atoms with van der Waals surface area (Å²) in [5.41, 5.74) is 2.01. The fraction of sp³-hybridized carbons (Fsp3) is 0.429.